The van der Waals surface area contributed by atoms with Crippen LogP contribution < -0.4 is 9.80 Å². The van der Waals surface area contributed by atoms with Crippen LogP contribution in [-0.2, 0) is 0 Å². The number of hydrogen-bond acceptors (Lipinski definition) is 4. The SMILES string of the molecule is Cc1ccc(C)c(N(c2ccc3ccc4c(N(c5cc(C)ccc5C)c5cccc6c5oc5c(C)cccc56)ccc5ccc2c3c54)c2cccc3c2oc2ccccc23)c1. The highest BCUT2D eigenvalue weighted by atomic mass is 16.3. The fraction of sp³-hybridized carbons (Fsp3) is 0.0877. The minimum absolute atomic E-state index is 0.872. The first kappa shape index (κ1) is 35.4. The van der Waals surface area contributed by atoms with E-state index < -0.39 is 0 Å². The van der Waals surface area contributed by atoms with Gasteiger partial charge in [0.05, 0.1) is 22.7 Å². The second-order valence-corrected chi connectivity index (χ2v) is 16.8. The number of hydrogen-bond donors (Lipinski definition) is 0. The number of furan rings is 2. The maximum atomic E-state index is 6.87. The molecule has 0 saturated heterocycles. The highest BCUT2D eigenvalue weighted by Gasteiger charge is 2.27. The van der Waals surface area contributed by atoms with E-state index in [9.17, 15) is 0 Å². The Bertz CT molecular complexity index is 3740. The maximum absolute atomic E-state index is 6.87. The summed E-state index contributed by atoms with van der Waals surface area (Å²) in [4.78, 5) is 4.85. The van der Waals surface area contributed by atoms with E-state index in [0.29, 0.717) is 0 Å². The molecule has 0 atom stereocenters. The number of aryl methyl sites for hydroxylation is 5. The van der Waals surface area contributed by atoms with Gasteiger partial charge in [-0.1, -0.05) is 121 Å². The fourth-order valence-corrected chi connectivity index (χ4v) is 9.89. The quantitative estimate of drug-likeness (QED) is 0.157. The Morgan fingerprint density at radius 3 is 1.38 bits per heavy atom. The van der Waals surface area contributed by atoms with Crippen LogP contribution in [0.1, 0.15) is 27.8 Å². The van der Waals surface area contributed by atoms with Crippen molar-refractivity contribution in [2.24, 2.45) is 0 Å². The van der Waals surface area contributed by atoms with Crippen molar-refractivity contribution in [2.45, 2.75) is 34.6 Å². The standard InChI is InChI=1S/C57H42N2O2/c1-33-19-21-35(3)50(31-33)58(48-16-9-14-41-40-12-6-7-18-52(40)60-56(41)48)46-29-25-38-24-28-45-47(30-26-39-23-27-44(46)53(38)54(39)45)59(51-32-34(2)20-22-36(51)4)49-17-10-15-43-42-13-8-11-37(5)55(42)61-57(43)49/h6-32H,1-5H3. The molecule has 0 aliphatic heterocycles. The van der Waals surface area contributed by atoms with E-state index in [-0.39, 0.29) is 0 Å². The molecule has 12 rings (SSSR count). The van der Waals surface area contributed by atoms with Gasteiger partial charge in [0.15, 0.2) is 11.2 Å². The van der Waals surface area contributed by atoms with Gasteiger partial charge in [-0.2, -0.15) is 0 Å². The zero-order valence-corrected chi connectivity index (χ0v) is 34.8. The summed E-state index contributed by atoms with van der Waals surface area (Å²) in [5.74, 6) is 0. The largest absolute Gasteiger partial charge is 0.454 e. The summed E-state index contributed by atoms with van der Waals surface area (Å²) in [5.41, 5.74) is 15.9. The monoisotopic (exact) mass is 786 g/mol. The lowest BCUT2D eigenvalue weighted by Gasteiger charge is -2.30. The number of benzene rings is 10. The lowest BCUT2D eigenvalue weighted by Crippen LogP contribution is -2.13. The van der Waals surface area contributed by atoms with Crippen molar-refractivity contribution in [1.82, 2.24) is 0 Å². The first-order valence-corrected chi connectivity index (χ1v) is 21.1. The lowest BCUT2D eigenvalue weighted by atomic mass is 9.91. The molecule has 0 saturated carbocycles. The first-order chi connectivity index (χ1) is 29.8. The minimum Gasteiger partial charge on any atom is -0.454 e. The van der Waals surface area contributed by atoms with E-state index >= 15 is 0 Å². The van der Waals surface area contributed by atoms with Crippen LogP contribution >= 0.6 is 0 Å². The van der Waals surface area contributed by atoms with E-state index in [0.717, 1.165) is 83.6 Å². The van der Waals surface area contributed by atoms with Crippen molar-refractivity contribution in [3.63, 3.8) is 0 Å². The molecule has 0 aliphatic rings. The molecular formula is C57H42N2O2. The number of para-hydroxylation sites is 4. The molecule has 0 bridgehead atoms. The molecule has 0 unspecified atom stereocenters. The number of fused-ring (bicyclic) bond motifs is 6. The average molecular weight is 787 g/mol. The molecule has 4 heteroatoms. The molecule has 2 heterocycles. The van der Waals surface area contributed by atoms with Crippen LogP contribution in [0.2, 0.25) is 0 Å². The Balaban J connectivity index is 1.16. The van der Waals surface area contributed by atoms with E-state index in [4.69, 9.17) is 8.83 Å². The van der Waals surface area contributed by atoms with Crippen molar-refractivity contribution < 1.29 is 8.83 Å². The highest BCUT2D eigenvalue weighted by molar-refractivity contribution is 6.29. The molecule has 0 N–H and O–H groups in total. The average Bonchev–Trinajstić information content (AvgIpc) is 3.86. The van der Waals surface area contributed by atoms with Gasteiger partial charge in [-0.25, -0.2) is 0 Å². The second-order valence-electron chi connectivity index (χ2n) is 16.8. The summed E-state index contributed by atoms with van der Waals surface area (Å²) < 4.78 is 13.6. The van der Waals surface area contributed by atoms with Gasteiger partial charge in [0.25, 0.3) is 0 Å². The van der Waals surface area contributed by atoms with Crippen LogP contribution in [0, 0.1) is 34.6 Å². The number of anilines is 6. The summed E-state index contributed by atoms with van der Waals surface area (Å²) in [6.07, 6.45) is 0. The number of rotatable bonds is 6. The van der Waals surface area contributed by atoms with Crippen LogP contribution in [0.15, 0.2) is 173 Å². The van der Waals surface area contributed by atoms with Crippen molar-refractivity contribution in [2.75, 3.05) is 9.80 Å². The number of nitrogens with zero attached hydrogens (tertiary/aromatic N) is 2. The van der Waals surface area contributed by atoms with Gasteiger partial charge in [-0.15, -0.1) is 0 Å². The van der Waals surface area contributed by atoms with Crippen molar-refractivity contribution in [3.05, 3.63) is 192 Å². The summed E-state index contributed by atoms with van der Waals surface area (Å²) in [5, 5.41) is 11.7. The van der Waals surface area contributed by atoms with Gasteiger partial charge in [0, 0.05) is 43.7 Å². The molecule has 292 valence electrons. The predicted octanol–water partition coefficient (Wildman–Crippen LogP) is 16.9. The lowest BCUT2D eigenvalue weighted by molar-refractivity contribution is 0.666. The van der Waals surface area contributed by atoms with Crippen LogP contribution in [0.3, 0.4) is 0 Å². The Hall–Kier alpha value is -7.56. The molecule has 0 amide bonds. The van der Waals surface area contributed by atoms with Gasteiger partial charge >= 0.3 is 0 Å². The summed E-state index contributed by atoms with van der Waals surface area (Å²) >= 11 is 0. The van der Waals surface area contributed by atoms with Crippen molar-refractivity contribution in [1.29, 1.82) is 0 Å². The Labute approximate surface area is 353 Å². The van der Waals surface area contributed by atoms with E-state index in [1.165, 1.54) is 54.6 Å². The Kier molecular flexibility index (Phi) is 7.67. The fourth-order valence-electron chi connectivity index (χ4n) is 9.89. The molecule has 0 fully saturated rings. The topological polar surface area (TPSA) is 32.8 Å². The zero-order chi connectivity index (χ0) is 41.1. The molecule has 61 heavy (non-hydrogen) atoms. The van der Waals surface area contributed by atoms with Crippen LogP contribution in [0.4, 0.5) is 34.1 Å². The van der Waals surface area contributed by atoms with Crippen molar-refractivity contribution >= 4 is 110 Å². The molecule has 0 spiro atoms. The highest BCUT2D eigenvalue weighted by Crippen LogP contribution is 2.51. The Morgan fingerprint density at radius 2 is 0.787 bits per heavy atom. The summed E-state index contributed by atoms with van der Waals surface area (Å²) in [6.45, 7) is 10.9. The molecule has 10 aromatic carbocycles. The smallest absolute Gasteiger partial charge is 0.159 e. The zero-order valence-electron chi connectivity index (χ0n) is 34.8. The maximum Gasteiger partial charge on any atom is 0.159 e. The summed E-state index contributed by atoms with van der Waals surface area (Å²) in [7, 11) is 0. The van der Waals surface area contributed by atoms with Crippen LogP contribution in [-0.4, -0.2) is 0 Å². The van der Waals surface area contributed by atoms with Gasteiger partial charge in [0.1, 0.15) is 11.2 Å². The van der Waals surface area contributed by atoms with E-state index in [2.05, 4.69) is 202 Å². The summed E-state index contributed by atoms with van der Waals surface area (Å²) in [6, 6.07) is 59.7. The van der Waals surface area contributed by atoms with Crippen LogP contribution in [0.5, 0.6) is 0 Å². The Morgan fingerprint density at radius 1 is 0.311 bits per heavy atom. The predicted molar refractivity (Wildman–Crippen MR) is 258 cm³/mol. The molecular weight excluding hydrogens is 745 g/mol. The van der Waals surface area contributed by atoms with Gasteiger partial charge in [-0.3, -0.25) is 0 Å². The molecule has 2 aromatic heterocycles. The third kappa shape index (κ3) is 5.25. The van der Waals surface area contributed by atoms with Crippen molar-refractivity contribution in [3.8, 4) is 0 Å². The van der Waals surface area contributed by atoms with E-state index in [1.54, 1.807) is 0 Å². The second kappa shape index (κ2) is 13.2. The van der Waals surface area contributed by atoms with Crippen LogP contribution in [0.25, 0.3) is 76.2 Å². The normalized spacial score (nSPS) is 12.0. The molecule has 12 aromatic rings. The van der Waals surface area contributed by atoms with Gasteiger partial charge in [0.2, 0.25) is 0 Å². The molecule has 4 nitrogen and oxygen atoms in total. The molecule has 0 radical (unpaired) electrons. The van der Waals surface area contributed by atoms with E-state index in [1.807, 2.05) is 6.07 Å². The molecule has 0 aliphatic carbocycles. The van der Waals surface area contributed by atoms with Gasteiger partial charge in [-0.05, 0) is 126 Å². The first-order valence-electron chi connectivity index (χ1n) is 21.1. The third-order valence-corrected chi connectivity index (χ3v) is 12.9. The minimum atomic E-state index is 0.872. The third-order valence-electron chi connectivity index (χ3n) is 12.9. The van der Waals surface area contributed by atoms with Gasteiger partial charge < -0.3 is 18.6 Å².